The summed E-state index contributed by atoms with van der Waals surface area (Å²) in [5, 5.41) is 6.69. The van der Waals surface area contributed by atoms with E-state index < -0.39 is 47.7 Å². The number of rotatable bonds is 5. The normalized spacial score (nSPS) is 18.0. The van der Waals surface area contributed by atoms with Crippen LogP contribution in [0.15, 0.2) is 48.5 Å². The molecule has 1 fully saturated rings. The lowest BCUT2D eigenvalue weighted by Crippen LogP contribution is -2.45. The summed E-state index contributed by atoms with van der Waals surface area (Å²) in [6, 6.07) is 8.30. The molecule has 0 saturated carbocycles. The van der Waals surface area contributed by atoms with Crippen molar-refractivity contribution in [1.82, 2.24) is 15.5 Å². The van der Waals surface area contributed by atoms with Gasteiger partial charge in [-0.15, -0.1) is 0 Å². The Balaban J connectivity index is 1.66. The van der Waals surface area contributed by atoms with E-state index >= 15 is 0 Å². The lowest BCUT2D eigenvalue weighted by atomic mass is 9.90. The number of nitrogens with one attached hydrogen (secondary N) is 3. The van der Waals surface area contributed by atoms with Crippen LogP contribution in [-0.2, 0) is 21.3 Å². The van der Waals surface area contributed by atoms with Crippen molar-refractivity contribution in [2.24, 2.45) is 0 Å². The van der Waals surface area contributed by atoms with Gasteiger partial charge in [0.05, 0.1) is 12.7 Å². The minimum Gasteiger partial charge on any atom is -0.497 e. The van der Waals surface area contributed by atoms with Gasteiger partial charge >= 0.3 is 18.2 Å². The largest absolute Gasteiger partial charge is 0.497 e. The van der Waals surface area contributed by atoms with Crippen molar-refractivity contribution < 1.29 is 37.1 Å². The number of nitrogens with zero attached hydrogens (tertiary/aromatic N) is 1. The molecule has 1 atom stereocenters. The van der Waals surface area contributed by atoms with Crippen molar-refractivity contribution >= 4 is 29.6 Å². The van der Waals surface area contributed by atoms with Crippen LogP contribution in [0.2, 0.25) is 0 Å². The second-order valence-corrected chi connectivity index (χ2v) is 7.26. The van der Waals surface area contributed by atoms with Crippen molar-refractivity contribution in [2.45, 2.75) is 18.6 Å². The second kappa shape index (κ2) is 8.81. The molecule has 2 aromatic rings. The van der Waals surface area contributed by atoms with Gasteiger partial charge in [0.1, 0.15) is 17.8 Å². The summed E-state index contributed by atoms with van der Waals surface area (Å²) in [4.78, 5) is 49.9. The van der Waals surface area contributed by atoms with E-state index in [1.165, 1.54) is 32.2 Å². The van der Waals surface area contributed by atoms with Crippen LogP contribution in [-0.4, -0.2) is 42.4 Å². The van der Waals surface area contributed by atoms with Crippen LogP contribution in [0.25, 0.3) is 0 Å². The summed E-state index contributed by atoms with van der Waals surface area (Å²) in [7, 11) is 1.47. The maximum atomic E-state index is 13.0. The molecule has 0 aliphatic carbocycles. The molecule has 174 valence electrons. The lowest BCUT2D eigenvalue weighted by molar-refractivity contribution is -0.138. The molecule has 0 aromatic heterocycles. The van der Waals surface area contributed by atoms with E-state index in [1.54, 1.807) is 12.1 Å². The Labute approximate surface area is 185 Å². The number of methoxy groups -OCH3 is 1. The van der Waals surface area contributed by atoms with Crippen molar-refractivity contribution in [3.05, 3.63) is 59.7 Å². The first kappa shape index (κ1) is 23.6. The number of amides is 6. The van der Waals surface area contributed by atoms with Crippen LogP contribution < -0.4 is 20.7 Å². The van der Waals surface area contributed by atoms with Crippen molar-refractivity contribution in [1.29, 1.82) is 0 Å². The number of carbonyl (C=O) groups excluding carboxylic acids is 4. The Morgan fingerprint density at radius 1 is 1.12 bits per heavy atom. The van der Waals surface area contributed by atoms with Gasteiger partial charge in [0.25, 0.3) is 5.91 Å². The Hall–Kier alpha value is -4.09. The van der Waals surface area contributed by atoms with E-state index in [9.17, 15) is 32.3 Å². The topological polar surface area (TPSA) is 117 Å². The van der Waals surface area contributed by atoms with Crippen LogP contribution >= 0.6 is 0 Å². The highest BCUT2D eigenvalue weighted by atomic mass is 19.4. The van der Waals surface area contributed by atoms with Gasteiger partial charge in [-0.3, -0.25) is 19.8 Å². The average Bonchev–Trinajstić information content (AvgIpc) is 2.97. The molecule has 1 aliphatic rings. The summed E-state index contributed by atoms with van der Waals surface area (Å²) in [6.45, 7) is 0.423. The zero-order chi connectivity index (χ0) is 24.4. The third kappa shape index (κ3) is 5.05. The highest BCUT2D eigenvalue weighted by Crippen LogP contribution is 2.34. The Kier molecular flexibility index (Phi) is 6.29. The zero-order valence-electron chi connectivity index (χ0n) is 17.4. The van der Waals surface area contributed by atoms with Gasteiger partial charge in [-0.2, -0.15) is 13.2 Å². The minimum absolute atomic E-state index is 0.101. The monoisotopic (exact) mass is 464 g/mol. The summed E-state index contributed by atoms with van der Waals surface area (Å²) in [5.41, 5.74) is -2.55. The van der Waals surface area contributed by atoms with Crippen LogP contribution in [0.5, 0.6) is 5.75 Å². The molecule has 6 amide bonds. The molecule has 1 unspecified atom stereocenters. The number of imide groups is 2. The Morgan fingerprint density at radius 2 is 1.79 bits per heavy atom. The van der Waals surface area contributed by atoms with Crippen molar-refractivity contribution in [3.8, 4) is 5.75 Å². The highest BCUT2D eigenvalue weighted by Gasteiger charge is 2.50. The summed E-state index contributed by atoms with van der Waals surface area (Å²) >= 11 is 0. The van der Waals surface area contributed by atoms with Crippen LogP contribution in [0.4, 0.5) is 28.4 Å². The number of benzene rings is 2. The molecule has 1 heterocycles. The smallest absolute Gasteiger partial charge is 0.416 e. The van der Waals surface area contributed by atoms with E-state index in [0.717, 1.165) is 18.2 Å². The molecule has 0 spiro atoms. The van der Waals surface area contributed by atoms with Gasteiger partial charge in [-0.25, -0.2) is 9.59 Å². The predicted octanol–water partition coefficient (Wildman–Crippen LogP) is 2.83. The Morgan fingerprint density at radius 3 is 2.39 bits per heavy atom. The molecule has 12 heteroatoms. The first-order chi connectivity index (χ1) is 15.4. The fourth-order valence-corrected chi connectivity index (χ4v) is 3.19. The summed E-state index contributed by atoms with van der Waals surface area (Å²) in [6.07, 6.45) is -4.64. The maximum absolute atomic E-state index is 13.0. The summed E-state index contributed by atoms with van der Waals surface area (Å²) in [5.74, 6) is -1.35. The molecule has 9 nitrogen and oxygen atoms in total. The van der Waals surface area contributed by atoms with E-state index in [-0.39, 0.29) is 5.56 Å². The van der Waals surface area contributed by atoms with Gasteiger partial charge in [0, 0.05) is 5.69 Å². The SMILES string of the molecule is COc1ccc(NC(=O)NC(=O)CN2C(=O)NC(C)(c3cccc(C(F)(F)F)c3)C2=O)cc1. The molecule has 33 heavy (non-hydrogen) atoms. The third-order valence-electron chi connectivity index (χ3n) is 4.94. The molecule has 1 aliphatic heterocycles. The van der Waals surface area contributed by atoms with E-state index in [2.05, 4.69) is 10.6 Å². The minimum atomic E-state index is -4.64. The molecular weight excluding hydrogens is 445 g/mol. The van der Waals surface area contributed by atoms with Gasteiger partial charge in [-0.05, 0) is 48.9 Å². The number of anilines is 1. The number of halogens is 3. The average molecular weight is 464 g/mol. The van der Waals surface area contributed by atoms with E-state index in [1.807, 2.05) is 5.32 Å². The predicted molar refractivity (Wildman–Crippen MR) is 109 cm³/mol. The van der Waals surface area contributed by atoms with E-state index in [0.29, 0.717) is 16.3 Å². The number of carbonyl (C=O) groups is 4. The number of hydrogen-bond donors (Lipinski definition) is 3. The molecule has 3 rings (SSSR count). The van der Waals surface area contributed by atoms with Crippen LogP contribution in [0.3, 0.4) is 0 Å². The molecule has 1 saturated heterocycles. The quantitative estimate of drug-likeness (QED) is 0.589. The molecule has 0 radical (unpaired) electrons. The standard InChI is InChI=1S/C21H19F3N4O5/c1-20(12-4-3-5-13(10-12)21(22,23)24)17(30)28(19(32)27-20)11-16(29)26-18(31)25-14-6-8-15(33-2)9-7-14/h3-10H,11H2,1-2H3,(H,27,32)(H2,25,26,29,31). The highest BCUT2D eigenvalue weighted by molar-refractivity contribution is 6.10. The number of ether oxygens (including phenoxy) is 1. The van der Waals surface area contributed by atoms with Gasteiger partial charge < -0.3 is 15.4 Å². The third-order valence-corrected chi connectivity index (χ3v) is 4.94. The van der Waals surface area contributed by atoms with E-state index in [4.69, 9.17) is 4.74 Å². The van der Waals surface area contributed by atoms with Gasteiger partial charge in [0.2, 0.25) is 5.91 Å². The lowest BCUT2D eigenvalue weighted by Gasteiger charge is -2.23. The van der Waals surface area contributed by atoms with Crippen LogP contribution in [0, 0.1) is 0 Å². The second-order valence-electron chi connectivity index (χ2n) is 7.26. The number of urea groups is 2. The molecule has 3 N–H and O–H groups in total. The fourth-order valence-electron chi connectivity index (χ4n) is 3.19. The number of alkyl halides is 3. The zero-order valence-corrected chi connectivity index (χ0v) is 17.4. The van der Waals surface area contributed by atoms with Crippen molar-refractivity contribution in [2.75, 3.05) is 19.0 Å². The summed E-state index contributed by atoms with van der Waals surface area (Å²) < 4.78 is 44.1. The molecule has 0 bridgehead atoms. The Bertz CT molecular complexity index is 1100. The molecular formula is C21H19F3N4O5. The number of hydrogen-bond acceptors (Lipinski definition) is 5. The fraction of sp³-hybridized carbons (Fsp3) is 0.238. The molecule has 2 aromatic carbocycles. The first-order valence-electron chi connectivity index (χ1n) is 9.51. The van der Waals surface area contributed by atoms with Crippen molar-refractivity contribution in [3.63, 3.8) is 0 Å². The first-order valence-corrected chi connectivity index (χ1v) is 9.51. The van der Waals surface area contributed by atoms with Crippen LogP contribution in [0.1, 0.15) is 18.1 Å². The van der Waals surface area contributed by atoms with Gasteiger partial charge in [-0.1, -0.05) is 12.1 Å². The van der Waals surface area contributed by atoms with Gasteiger partial charge in [0.15, 0.2) is 0 Å². The maximum Gasteiger partial charge on any atom is 0.416 e.